The largest absolute Gasteiger partial charge is 0.515 e. The molecule has 2 rings (SSSR count). The molecule has 2 N–H and O–H groups in total. The highest BCUT2D eigenvalue weighted by molar-refractivity contribution is 5.69. The summed E-state index contributed by atoms with van der Waals surface area (Å²) in [4.78, 5) is 0. The third-order valence-electron chi connectivity index (χ3n) is 2.66. The number of hydrogen-bond donors (Lipinski definition) is 2. The molecule has 0 amide bonds. The Morgan fingerprint density at radius 2 is 1.33 bits per heavy atom. The van der Waals surface area contributed by atoms with Crippen LogP contribution in [0, 0.1) is 0 Å². The van der Waals surface area contributed by atoms with Crippen molar-refractivity contribution in [2.75, 3.05) is 0 Å². The smallest absolute Gasteiger partial charge is 0.0871 e. The fraction of sp³-hybridized carbons (Fsp3) is 0. The van der Waals surface area contributed by atoms with Crippen LogP contribution in [0.3, 0.4) is 0 Å². The van der Waals surface area contributed by atoms with Gasteiger partial charge in [-0.3, -0.25) is 0 Å². The molecule has 2 heteroatoms. The highest BCUT2D eigenvalue weighted by atomic mass is 16.2. The Balaban J connectivity index is 2.34. The van der Waals surface area contributed by atoms with Crippen molar-refractivity contribution in [1.82, 2.24) is 0 Å². The van der Waals surface area contributed by atoms with Gasteiger partial charge in [0.1, 0.15) is 0 Å². The van der Waals surface area contributed by atoms with Crippen LogP contribution in [0.15, 0.2) is 48.5 Å². The lowest BCUT2D eigenvalue weighted by Gasteiger charge is -1.95. The Bertz CT molecular complexity index is 655. The molecular weight excluding hydrogens is 224 g/mol. The molecular formula is C16H14O2. The highest BCUT2D eigenvalue weighted by Crippen LogP contribution is 2.05. The van der Waals surface area contributed by atoms with Gasteiger partial charge in [0.05, 0.1) is 12.5 Å². The maximum atomic E-state index is 9.08. The van der Waals surface area contributed by atoms with Crippen LogP contribution in [0.4, 0.5) is 0 Å². The van der Waals surface area contributed by atoms with Gasteiger partial charge in [-0.2, -0.15) is 0 Å². The van der Waals surface area contributed by atoms with Crippen molar-refractivity contribution >= 4 is 24.7 Å². The van der Waals surface area contributed by atoms with Crippen LogP contribution in [-0.2, 0) is 0 Å². The standard InChI is InChI=1S/C16H14O2/c17-11-15-9-8-14(10-16(15)12-18)7-6-13-4-2-1-3-5-13/h1-12,17-18H. The molecule has 0 aliphatic heterocycles. The maximum Gasteiger partial charge on any atom is 0.0871 e. The van der Waals surface area contributed by atoms with Crippen LogP contribution < -0.4 is 10.4 Å². The van der Waals surface area contributed by atoms with E-state index >= 15 is 0 Å². The molecule has 0 aromatic heterocycles. The highest BCUT2D eigenvalue weighted by Gasteiger charge is 1.90. The van der Waals surface area contributed by atoms with Gasteiger partial charge >= 0.3 is 0 Å². The Morgan fingerprint density at radius 3 is 2.00 bits per heavy atom. The van der Waals surface area contributed by atoms with Gasteiger partial charge in [0, 0.05) is 10.4 Å². The molecule has 0 radical (unpaired) electrons. The molecule has 0 atom stereocenters. The predicted octanol–water partition coefficient (Wildman–Crippen LogP) is 2.45. The minimum Gasteiger partial charge on any atom is -0.515 e. The van der Waals surface area contributed by atoms with Crippen LogP contribution in [0.1, 0.15) is 11.1 Å². The minimum atomic E-state index is 0.590. The molecule has 2 aromatic carbocycles. The summed E-state index contributed by atoms with van der Waals surface area (Å²) in [5, 5.41) is 19.2. The molecule has 2 aromatic rings. The minimum absolute atomic E-state index is 0.590. The van der Waals surface area contributed by atoms with E-state index in [2.05, 4.69) is 0 Å². The van der Waals surface area contributed by atoms with Crippen molar-refractivity contribution in [3.8, 4) is 0 Å². The summed E-state index contributed by atoms with van der Waals surface area (Å²) in [6, 6.07) is 15.4. The van der Waals surface area contributed by atoms with Crippen LogP contribution >= 0.6 is 0 Å². The monoisotopic (exact) mass is 238 g/mol. The van der Waals surface area contributed by atoms with E-state index in [4.69, 9.17) is 10.2 Å². The van der Waals surface area contributed by atoms with Gasteiger partial charge in [-0.15, -0.1) is 0 Å². The lowest BCUT2D eigenvalue weighted by atomic mass is 10.1. The first-order valence-corrected chi connectivity index (χ1v) is 5.65. The Labute approximate surface area is 105 Å². The second-order valence-electron chi connectivity index (χ2n) is 3.89. The molecule has 0 saturated carbocycles. The van der Waals surface area contributed by atoms with E-state index in [1.807, 2.05) is 54.6 Å². The second kappa shape index (κ2) is 5.73. The maximum absolute atomic E-state index is 9.08. The second-order valence-corrected chi connectivity index (χ2v) is 3.89. The van der Waals surface area contributed by atoms with E-state index < -0.39 is 0 Å². The lowest BCUT2D eigenvalue weighted by molar-refractivity contribution is 0.533. The average Bonchev–Trinajstić information content (AvgIpc) is 2.45. The molecule has 2 nitrogen and oxygen atoms in total. The van der Waals surface area contributed by atoms with Crippen molar-refractivity contribution in [2.45, 2.75) is 0 Å². The zero-order valence-corrected chi connectivity index (χ0v) is 9.82. The van der Waals surface area contributed by atoms with E-state index in [0.717, 1.165) is 23.7 Å². The first-order valence-electron chi connectivity index (χ1n) is 5.65. The van der Waals surface area contributed by atoms with Crippen LogP contribution in [-0.4, -0.2) is 10.2 Å². The van der Waals surface area contributed by atoms with Crippen LogP contribution in [0.2, 0.25) is 0 Å². The van der Waals surface area contributed by atoms with Gasteiger partial charge in [0.25, 0.3) is 0 Å². The summed E-state index contributed by atoms with van der Waals surface area (Å²) >= 11 is 0. The fourth-order valence-electron chi connectivity index (χ4n) is 1.68. The Kier molecular flexibility index (Phi) is 3.82. The van der Waals surface area contributed by atoms with E-state index in [1.54, 1.807) is 6.07 Å². The number of aliphatic hydroxyl groups is 2. The number of benzene rings is 2. The van der Waals surface area contributed by atoms with E-state index in [0.29, 0.717) is 10.4 Å². The van der Waals surface area contributed by atoms with Crippen molar-refractivity contribution in [3.63, 3.8) is 0 Å². The van der Waals surface area contributed by atoms with Gasteiger partial charge in [-0.25, -0.2) is 0 Å². The molecule has 0 aliphatic carbocycles. The van der Waals surface area contributed by atoms with Gasteiger partial charge in [-0.1, -0.05) is 54.6 Å². The van der Waals surface area contributed by atoms with Gasteiger partial charge in [-0.05, 0) is 17.2 Å². The fourth-order valence-corrected chi connectivity index (χ4v) is 1.68. The van der Waals surface area contributed by atoms with E-state index in [-0.39, 0.29) is 0 Å². The van der Waals surface area contributed by atoms with Crippen LogP contribution in [0.25, 0.3) is 24.7 Å². The first kappa shape index (κ1) is 12.0. The normalized spacial score (nSPS) is 13.3. The summed E-state index contributed by atoms with van der Waals surface area (Å²) in [5.74, 6) is 0. The molecule has 0 saturated heterocycles. The summed E-state index contributed by atoms with van der Waals surface area (Å²) in [7, 11) is 0. The van der Waals surface area contributed by atoms with Gasteiger partial charge in [0.15, 0.2) is 0 Å². The molecule has 0 fully saturated rings. The molecule has 0 unspecified atom stereocenters. The predicted molar refractivity (Wildman–Crippen MR) is 75.2 cm³/mol. The molecule has 0 heterocycles. The summed E-state index contributed by atoms with van der Waals surface area (Å²) in [5.41, 5.74) is 2.08. The van der Waals surface area contributed by atoms with Crippen LogP contribution in [0.5, 0.6) is 0 Å². The number of aliphatic hydroxyl groups excluding tert-OH is 2. The van der Waals surface area contributed by atoms with Gasteiger partial charge < -0.3 is 10.2 Å². The summed E-state index contributed by atoms with van der Waals surface area (Å²) in [6.07, 6.45) is 5.93. The zero-order valence-electron chi connectivity index (χ0n) is 9.82. The summed E-state index contributed by atoms with van der Waals surface area (Å²) in [6.45, 7) is 0. The molecule has 18 heavy (non-hydrogen) atoms. The first-order chi connectivity index (χ1) is 8.83. The van der Waals surface area contributed by atoms with Crippen molar-refractivity contribution in [3.05, 3.63) is 70.1 Å². The van der Waals surface area contributed by atoms with Crippen molar-refractivity contribution in [1.29, 1.82) is 0 Å². The third kappa shape index (κ3) is 2.80. The Morgan fingerprint density at radius 1 is 0.667 bits per heavy atom. The molecule has 0 spiro atoms. The van der Waals surface area contributed by atoms with Gasteiger partial charge in [0.2, 0.25) is 0 Å². The topological polar surface area (TPSA) is 40.5 Å². The molecule has 90 valence electrons. The number of hydrogen-bond acceptors (Lipinski definition) is 2. The van der Waals surface area contributed by atoms with E-state index in [1.165, 1.54) is 0 Å². The Hall–Kier alpha value is -2.48. The molecule has 0 aliphatic rings. The van der Waals surface area contributed by atoms with Crippen molar-refractivity contribution < 1.29 is 10.2 Å². The SMILES string of the molecule is OC=c1ccc(C=Cc2ccccc2)cc1=CO. The average molecular weight is 238 g/mol. The lowest BCUT2D eigenvalue weighted by Crippen LogP contribution is -2.24. The molecule has 0 bridgehead atoms. The van der Waals surface area contributed by atoms with Crippen molar-refractivity contribution in [2.24, 2.45) is 0 Å². The summed E-state index contributed by atoms with van der Waals surface area (Å²) < 4.78 is 0. The quantitative estimate of drug-likeness (QED) is 0.789. The van der Waals surface area contributed by atoms with E-state index in [9.17, 15) is 0 Å². The number of rotatable bonds is 2. The third-order valence-corrected chi connectivity index (χ3v) is 2.66. The zero-order chi connectivity index (χ0) is 12.8.